The summed E-state index contributed by atoms with van der Waals surface area (Å²) in [5.41, 5.74) is 7.63. The molecule has 2 aromatic heterocycles. The third-order valence-electron chi connectivity index (χ3n) is 6.98. The zero-order valence-electron chi connectivity index (χ0n) is 22.7. The van der Waals surface area contributed by atoms with Crippen LogP contribution in [0.2, 0.25) is 0 Å². The molecular weight excluding hydrogens is 549 g/mol. The average Bonchev–Trinajstić information content (AvgIpc) is 2.92. The number of fused-ring (bicyclic) bond motifs is 3. The molecule has 1 aliphatic heterocycles. The van der Waals surface area contributed by atoms with Crippen molar-refractivity contribution in [2.75, 3.05) is 31.1 Å². The van der Waals surface area contributed by atoms with Gasteiger partial charge in [-0.25, -0.2) is 4.98 Å². The van der Waals surface area contributed by atoms with E-state index < -0.39 is 12.3 Å². The number of nitrogens with one attached hydrogen (secondary N) is 1. The van der Waals surface area contributed by atoms with Crippen LogP contribution in [-0.2, 0) is 17.7 Å². The third-order valence-corrected chi connectivity index (χ3v) is 6.98. The number of nitrogens with two attached hydrogens (primary N) is 1. The monoisotopic (exact) mass is 578 g/mol. The molecule has 2 aromatic carbocycles. The largest absolute Gasteiger partial charge is 0.573 e. The van der Waals surface area contributed by atoms with E-state index in [2.05, 4.69) is 19.9 Å². The Kier molecular flexibility index (Phi) is 8.70. The smallest absolute Gasteiger partial charge is 0.406 e. The molecule has 0 saturated carbocycles. The third kappa shape index (κ3) is 7.05. The molecular formula is C30H29F3N6O3. The van der Waals surface area contributed by atoms with Gasteiger partial charge in [0, 0.05) is 60.4 Å². The number of rotatable bonds is 12. The van der Waals surface area contributed by atoms with E-state index in [1.807, 2.05) is 18.2 Å². The quantitative estimate of drug-likeness (QED) is 0.184. The number of nitriles is 1. The van der Waals surface area contributed by atoms with Gasteiger partial charge in [-0.3, -0.25) is 9.78 Å². The van der Waals surface area contributed by atoms with Gasteiger partial charge in [-0.05, 0) is 60.8 Å². The summed E-state index contributed by atoms with van der Waals surface area (Å²) in [6.07, 6.45) is 0.453. The number of benzene rings is 2. The first-order chi connectivity index (χ1) is 20.2. The second-order valence-electron chi connectivity index (χ2n) is 10.1. The van der Waals surface area contributed by atoms with Crippen LogP contribution in [0.3, 0.4) is 0 Å². The van der Waals surface area contributed by atoms with Crippen molar-refractivity contribution < 1.29 is 27.4 Å². The molecule has 4 aromatic rings. The van der Waals surface area contributed by atoms with Crippen molar-refractivity contribution in [3.05, 3.63) is 71.5 Å². The lowest BCUT2D eigenvalue weighted by Crippen LogP contribution is -2.52. The van der Waals surface area contributed by atoms with Crippen LogP contribution in [-0.4, -0.2) is 54.6 Å². The van der Waals surface area contributed by atoms with Crippen LogP contribution in [0.5, 0.6) is 5.75 Å². The van der Waals surface area contributed by atoms with Crippen molar-refractivity contribution in [1.82, 2.24) is 15.3 Å². The number of ether oxygens (including phenoxy) is 2. The molecule has 1 saturated heterocycles. The Labute approximate surface area is 240 Å². The van der Waals surface area contributed by atoms with Gasteiger partial charge >= 0.3 is 6.36 Å². The molecule has 42 heavy (non-hydrogen) atoms. The fourth-order valence-corrected chi connectivity index (χ4v) is 4.99. The van der Waals surface area contributed by atoms with Crippen LogP contribution in [0.25, 0.3) is 21.7 Å². The van der Waals surface area contributed by atoms with E-state index in [1.54, 1.807) is 30.6 Å². The van der Waals surface area contributed by atoms with E-state index in [9.17, 15) is 18.0 Å². The Morgan fingerprint density at radius 3 is 2.67 bits per heavy atom. The van der Waals surface area contributed by atoms with Gasteiger partial charge in [-0.2, -0.15) is 5.26 Å². The van der Waals surface area contributed by atoms with Crippen LogP contribution in [0.1, 0.15) is 34.3 Å². The summed E-state index contributed by atoms with van der Waals surface area (Å²) in [6, 6.07) is 13.4. The lowest BCUT2D eigenvalue weighted by molar-refractivity contribution is -0.274. The number of pyridine rings is 2. The topological polar surface area (TPSA) is 126 Å². The molecule has 3 heterocycles. The highest BCUT2D eigenvalue weighted by molar-refractivity contribution is 6.11. The number of hydrogen-bond donors (Lipinski definition) is 2. The second kappa shape index (κ2) is 12.6. The number of carbonyl (C=O) groups is 1. The minimum Gasteiger partial charge on any atom is -0.406 e. The maximum atomic E-state index is 12.6. The predicted molar refractivity (Wildman–Crippen MR) is 151 cm³/mol. The van der Waals surface area contributed by atoms with Crippen molar-refractivity contribution in [3.8, 4) is 11.8 Å². The number of halogens is 3. The van der Waals surface area contributed by atoms with Gasteiger partial charge in [-0.15, -0.1) is 13.2 Å². The average molecular weight is 579 g/mol. The van der Waals surface area contributed by atoms with Crippen molar-refractivity contribution in [2.45, 2.75) is 38.3 Å². The number of hydrogen-bond acceptors (Lipinski definition) is 8. The summed E-state index contributed by atoms with van der Waals surface area (Å²) in [5.74, 6) is -0.0178. The van der Waals surface area contributed by atoms with E-state index in [0.717, 1.165) is 34.8 Å². The summed E-state index contributed by atoms with van der Waals surface area (Å²) >= 11 is 0. The van der Waals surface area contributed by atoms with Crippen molar-refractivity contribution >= 4 is 33.4 Å². The number of nitrogens with zero attached hydrogens (tertiary/aromatic N) is 4. The minimum absolute atomic E-state index is 0.00141. The number of primary amides is 1. The zero-order chi connectivity index (χ0) is 29.7. The molecule has 3 N–H and O–H groups in total. The fraction of sp³-hybridized carbons (Fsp3) is 0.333. The standard InChI is InChI=1S/C30H29F3N6O3/c31-30(32,33)42-22-12-19(5-7-34)11-20(13-22)15-36-8-1-2-10-41-23-17-39(18-23)29-25-6-9-37-16-26(25)24-4-3-21(28(35)40)14-27(24)38-29/h3-4,6,9,11-14,16,23,36H,1-2,5,8,10,15,17-18H2,(H2,35,40). The molecule has 12 heteroatoms. The SMILES string of the molecule is N#CCc1cc(CNCCCCOC2CN(c3nc4cc(C(N)=O)ccc4c4cnccc34)C2)cc(OC(F)(F)F)c1. The highest BCUT2D eigenvalue weighted by atomic mass is 19.4. The fourth-order valence-electron chi connectivity index (χ4n) is 4.99. The molecule has 0 spiro atoms. The summed E-state index contributed by atoms with van der Waals surface area (Å²) in [5, 5.41) is 15.0. The summed E-state index contributed by atoms with van der Waals surface area (Å²) in [6.45, 7) is 2.97. The Morgan fingerprint density at radius 2 is 1.90 bits per heavy atom. The highest BCUT2D eigenvalue weighted by Gasteiger charge is 2.31. The number of unbranched alkanes of at least 4 members (excludes halogenated alkanes) is 1. The number of alkyl halides is 3. The first-order valence-corrected chi connectivity index (χ1v) is 13.5. The molecule has 0 unspecified atom stereocenters. The number of amides is 1. The van der Waals surface area contributed by atoms with Gasteiger partial charge in [-0.1, -0.05) is 12.1 Å². The normalized spacial score (nSPS) is 13.7. The molecule has 0 atom stereocenters. The Balaban J connectivity index is 1.08. The minimum atomic E-state index is -4.79. The second-order valence-corrected chi connectivity index (χ2v) is 10.1. The van der Waals surface area contributed by atoms with E-state index in [4.69, 9.17) is 20.7 Å². The zero-order valence-corrected chi connectivity index (χ0v) is 22.7. The van der Waals surface area contributed by atoms with Gasteiger partial charge in [0.05, 0.1) is 24.1 Å². The van der Waals surface area contributed by atoms with Gasteiger partial charge in [0.25, 0.3) is 0 Å². The van der Waals surface area contributed by atoms with E-state index >= 15 is 0 Å². The van der Waals surface area contributed by atoms with Crippen LogP contribution in [0, 0.1) is 11.3 Å². The van der Waals surface area contributed by atoms with Gasteiger partial charge in [0.1, 0.15) is 11.6 Å². The summed E-state index contributed by atoms with van der Waals surface area (Å²) < 4.78 is 47.9. The predicted octanol–water partition coefficient (Wildman–Crippen LogP) is 4.62. The van der Waals surface area contributed by atoms with Gasteiger partial charge in [0.15, 0.2) is 0 Å². The molecule has 1 amide bonds. The lowest BCUT2D eigenvalue weighted by Gasteiger charge is -2.40. The van der Waals surface area contributed by atoms with Crippen LogP contribution >= 0.6 is 0 Å². The highest BCUT2D eigenvalue weighted by Crippen LogP contribution is 2.34. The lowest BCUT2D eigenvalue weighted by atomic mass is 10.0. The molecule has 218 valence electrons. The summed E-state index contributed by atoms with van der Waals surface area (Å²) in [4.78, 5) is 22.9. The van der Waals surface area contributed by atoms with Crippen LogP contribution in [0.15, 0.2) is 54.9 Å². The first kappa shape index (κ1) is 29.0. The van der Waals surface area contributed by atoms with Crippen LogP contribution < -0.4 is 20.7 Å². The molecule has 0 radical (unpaired) electrons. The molecule has 9 nitrogen and oxygen atoms in total. The number of anilines is 1. The molecule has 1 fully saturated rings. The van der Waals surface area contributed by atoms with Gasteiger partial charge < -0.3 is 25.4 Å². The first-order valence-electron chi connectivity index (χ1n) is 13.5. The summed E-state index contributed by atoms with van der Waals surface area (Å²) in [7, 11) is 0. The Morgan fingerprint density at radius 1 is 1.10 bits per heavy atom. The molecule has 1 aliphatic rings. The van der Waals surface area contributed by atoms with E-state index in [1.165, 1.54) is 12.1 Å². The van der Waals surface area contributed by atoms with Gasteiger partial charge in [0.2, 0.25) is 5.91 Å². The van der Waals surface area contributed by atoms with Crippen LogP contribution in [0.4, 0.5) is 19.0 Å². The number of carbonyl (C=O) groups excluding carboxylic acids is 1. The van der Waals surface area contributed by atoms with Crippen molar-refractivity contribution in [3.63, 3.8) is 0 Å². The molecule has 5 rings (SSSR count). The molecule has 0 bridgehead atoms. The van der Waals surface area contributed by atoms with Crippen molar-refractivity contribution in [2.24, 2.45) is 5.73 Å². The Hall–Kier alpha value is -4.47. The van der Waals surface area contributed by atoms with Crippen molar-refractivity contribution in [1.29, 1.82) is 5.26 Å². The Bertz CT molecular complexity index is 1630. The maximum absolute atomic E-state index is 12.6. The maximum Gasteiger partial charge on any atom is 0.573 e. The van der Waals surface area contributed by atoms with E-state index in [-0.39, 0.29) is 18.3 Å². The van der Waals surface area contributed by atoms with E-state index in [0.29, 0.717) is 55.0 Å². The number of aromatic nitrogens is 2. The molecule has 0 aliphatic carbocycles.